The van der Waals surface area contributed by atoms with Gasteiger partial charge in [0.15, 0.2) is 24.0 Å². The summed E-state index contributed by atoms with van der Waals surface area (Å²) in [4.78, 5) is 33.6. The number of halogens is 1. The van der Waals surface area contributed by atoms with E-state index in [4.69, 9.17) is 15.0 Å². The van der Waals surface area contributed by atoms with Crippen LogP contribution in [0.1, 0.15) is 6.23 Å². The van der Waals surface area contributed by atoms with Crippen molar-refractivity contribution in [2.45, 2.75) is 24.5 Å². The summed E-state index contributed by atoms with van der Waals surface area (Å²) in [7, 11) is -4.03. The minimum absolute atomic E-state index is 0.251. The average Bonchev–Trinajstić information content (AvgIpc) is 2.70. The third kappa shape index (κ3) is 2.53. The number of nitrogens with zero attached hydrogens (tertiary/aromatic N) is 2. The van der Waals surface area contributed by atoms with E-state index >= 15 is 0 Å². The fraction of sp³-hybridized carbons (Fsp3) is 0.556. The minimum Gasteiger partial charge on any atom is -0.385 e. The van der Waals surface area contributed by atoms with Gasteiger partial charge >= 0.3 is 13.9 Å². The van der Waals surface area contributed by atoms with Crippen molar-refractivity contribution in [1.82, 2.24) is 9.55 Å². The predicted octanol–water partition coefficient (Wildman–Crippen LogP) is -1.70. The molecule has 116 valence electrons. The van der Waals surface area contributed by atoms with Gasteiger partial charge in [0.1, 0.15) is 18.8 Å². The lowest BCUT2D eigenvalue weighted by atomic mass is 10.1. The lowest BCUT2D eigenvalue weighted by Gasteiger charge is -2.24. The molecule has 5 N–H and O–H groups in total. The minimum atomic E-state index is -4.03. The molecule has 0 spiro atoms. The van der Waals surface area contributed by atoms with Gasteiger partial charge in [0.05, 0.1) is 6.20 Å². The van der Waals surface area contributed by atoms with Crippen LogP contribution in [0, 0.1) is 5.82 Å². The monoisotopic (exact) mass is 324 g/mol. The first-order chi connectivity index (χ1) is 9.78. The normalized spacial score (nSPS) is 34.7. The van der Waals surface area contributed by atoms with Gasteiger partial charge in [0.25, 0.3) is 0 Å². The van der Waals surface area contributed by atoms with Gasteiger partial charge < -0.3 is 15.6 Å². The van der Waals surface area contributed by atoms with Crippen molar-refractivity contribution in [2.75, 3.05) is 12.3 Å². The topological polar surface area (TPSA) is 149 Å². The van der Waals surface area contributed by atoms with Gasteiger partial charge in [-0.2, -0.15) is 19.3 Å². The summed E-state index contributed by atoms with van der Waals surface area (Å²) in [5, 5.41) is 10.1. The van der Waals surface area contributed by atoms with Gasteiger partial charge in [-0.1, -0.05) is 0 Å². The average molecular weight is 324 g/mol. The number of nitrogens with two attached hydrogens (primary N) is 1. The summed E-state index contributed by atoms with van der Waals surface area (Å²) in [6.07, 6.45) is -3.97. The highest BCUT2D eigenvalue weighted by molar-refractivity contribution is 7.54. The lowest BCUT2D eigenvalue weighted by Crippen LogP contribution is -2.41. The summed E-state index contributed by atoms with van der Waals surface area (Å²) in [6, 6.07) is 0. The molecule has 0 bridgehead atoms. The van der Waals surface area contributed by atoms with Gasteiger partial charge in [-0.15, -0.1) is 4.52 Å². The highest BCUT2D eigenvalue weighted by Crippen LogP contribution is 2.58. The zero-order chi connectivity index (χ0) is 15.4. The molecular formula is C9H12FN3O7P+. The Bertz CT molecular complexity index is 626. The van der Waals surface area contributed by atoms with Crippen molar-refractivity contribution >= 4 is 14.0 Å². The quantitative estimate of drug-likeness (QED) is 0.443. The SMILES string of the molecule is Nc1nc(=O)n([C@@H]2O[C@@H]3CO[P+](O)(O)O[C@H]3[C@H]2O)cc1F. The summed E-state index contributed by atoms with van der Waals surface area (Å²) in [6.45, 7) is -0.251. The maximum absolute atomic E-state index is 13.4. The zero-order valence-corrected chi connectivity index (χ0v) is 11.3. The smallest absolute Gasteiger partial charge is 0.385 e. The second-order valence-corrected chi connectivity index (χ2v) is 6.03. The fourth-order valence-corrected chi connectivity index (χ4v) is 3.19. The molecular weight excluding hydrogens is 312 g/mol. The third-order valence-electron chi connectivity index (χ3n) is 3.18. The molecule has 0 amide bonds. The van der Waals surface area contributed by atoms with Crippen molar-refractivity contribution in [2.24, 2.45) is 0 Å². The number of hydrogen-bond donors (Lipinski definition) is 4. The van der Waals surface area contributed by atoms with Gasteiger partial charge in [0.2, 0.25) is 0 Å². The maximum Gasteiger partial charge on any atom is 0.570 e. The Kier molecular flexibility index (Phi) is 3.45. The number of aliphatic hydroxyl groups is 1. The Hall–Kier alpha value is -1.20. The molecule has 2 fully saturated rings. The maximum atomic E-state index is 13.4. The van der Waals surface area contributed by atoms with Crippen LogP contribution in [0.3, 0.4) is 0 Å². The molecule has 2 aliphatic heterocycles. The molecule has 1 aromatic rings. The summed E-state index contributed by atoms with van der Waals surface area (Å²) >= 11 is 0. The molecule has 0 aliphatic carbocycles. The van der Waals surface area contributed by atoms with Crippen molar-refractivity contribution in [3.63, 3.8) is 0 Å². The number of fused-ring (bicyclic) bond motifs is 1. The standard InChI is InChI=1S/C9H11FN3O7P/c10-3-1-13(9(15)12-7(3)11)8-5(14)6-4(19-8)2-18-21(16,17)20-6/h1,4-6,8,14,16-17H,2H2,(H-,11,12,15)/p+1/t4-,5-,6-,8-/m1/s1. The molecule has 2 saturated heterocycles. The van der Waals surface area contributed by atoms with Gasteiger partial charge in [-0.3, -0.25) is 4.57 Å². The summed E-state index contributed by atoms with van der Waals surface area (Å²) in [5.41, 5.74) is 4.24. The molecule has 0 saturated carbocycles. The Morgan fingerprint density at radius 2 is 2.24 bits per heavy atom. The van der Waals surface area contributed by atoms with Crippen LogP contribution in [0.25, 0.3) is 0 Å². The molecule has 0 radical (unpaired) electrons. The number of anilines is 1. The molecule has 0 unspecified atom stereocenters. The van der Waals surface area contributed by atoms with Crippen molar-refractivity contribution < 1.29 is 33.1 Å². The molecule has 3 rings (SSSR count). The van der Waals surface area contributed by atoms with Crippen LogP contribution in [0.5, 0.6) is 0 Å². The number of aromatic nitrogens is 2. The Morgan fingerprint density at radius 1 is 1.52 bits per heavy atom. The Morgan fingerprint density at radius 3 is 2.95 bits per heavy atom. The van der Waals surface area contributed by atoms with Crippen LogP contribution in [-0.4, -0.2) is 49.4 Å². The van der Waals surface area contributed by atoms with Crippen LogP contribution in [0.2, 0.25) is 0 Å². The third-order valence-corrected chi connectivity index (χ3v) is 4.19. The zero-order valence-electron chi connectivity index (χ0n) is 10.4. The lowest BCUT2D eigenvalue weighted by molar-refractivity contribution is -0.0764. The second kappa shape index (κ2) is 4.92. The van der Waals surface area contributed by atoms with E-state index in [1.807, 2.05) is 0 Å². The van der Waals surface area contributed by atoms with E-state index in [0.717, 1.165) is 6.20 Å². The number of hydrogen-bond acceptors (Lipinski definition) is 9. The first kappa shape index (κ1) is 14.7. The number of ether oxygens (including phenoxy) is 1. The number of aliphatic hydroxyl groups excluding tert-OH is 1. The van der Waals surface area contributed by atoms with Crippen molar-refractivity contribution in [1.29, 1.82) is 0 Å². The highest BCUT2D eigenvalue weighted by atomic mass is 31.2. The van der Waals surface area contributed by atoms with Crippen LogP contribution in [0.4, 0.5) is 10.2 Å². The van der Waals surface area contributed by atoms with E-state index in [1.165, 1.54) is 0 Å². The molecule has 12 heteroatoms. The molecule has 1 aromatic heterocycles. The van der Waals surface area contributed by atoms with Crippen molar-refractivity contribution in [3.8, 4) is 0 Å². The predicted molar refractivity (Wildman–Crippen MR) is 65.0 cm³/mol. The van der Waals surface area contributed by atoms with E-state index < -0.39 is 50.0 Å². The summed E-state index contributed by atoms with van der Waals surface area (Å²) in [5.74, 6) is -1.53. The molecule has 21 heavy (non-hydrogen) atoms. The van der Waals surface area contributed by atoms with Gasteiger partial charge in [-0.25, -0.2) is 9.18 Å². The molecule has 2 aliphatic rings. The molecule has 3 heterocycles. The first-order valence-electron chi connectivity index (χ1n) is 5.84. The molecule has 0 aromatic carbocycles. The van der Waals surface area contributed by atoms with Crippen molar-refractivity contribution in [3.05, 3.63) is 22.5 Å². The van der Waals surface area contributed by atoms with Gasteiger partial charge in [-0.05, 0) is 0 Å². The van der Waals surface area contributed by atoms with Crippen LogP contribution < -0.4 is 11.4 Å². The van der Waals surface area contributed by atoms with Gasteiger partial charge in [0, 0.05) is 0 Å². The van der Waals surface area contributed by atoms with Crippen LogP contribution >= 0.6 is 8.17 Å². The van der Waals surface area contributed by atoms with E-state index in [-0.39, 0.29) is 6.61 Å². The summed E-state index contributed by atoms with van der Waals surface area (Å²) < 4.78 is 29.0. The number of rotatable bonds is 1. The second-order valence-electron chi connectivity index (χ2n) is 4.58. The fourth-order valence-electron chi connectivity index (χ4n) is 2.21. The van der Waals surface area contributed by atoms with E-state index in [0.29, 0.717) is 4.57 Å². The molecule has 4 atom stereocenters. The van der Waals surface area contributed by atoms with E-state index in [2.05, 4.69) is 9.51 Å². The highest BCUT2D eigenvalue weighted by Gasteiger charge is 2.59. The van der Waals surface area contributed by atoms with Crippen LogP contribution in [0.15, 0.2) is 11.0 Å². The largest absolute Gasteiger partial charge is 0.570 e. The van der Waals surface area contributed by atoms with E-state index in [9.17, 15) is 24.1 Å². The Labute approximate surface area is 117 Å². The number of nitrogen functional groups attached to an aromatic ring is 1. The Balaban J connectivity index is 1.92. The van der Waals surface area contributed by atoms with Crippen LogP contribution in [-0.2, 0) is 13.8 Å². The first-order valence-corrected chi connectivity index (χ1v) is 7.37. The molecule has 10 nitrogen and oxygen atoms in total. The van der Waals surface area contributed by atoms with E-state index in [1.54, 1.807) is 0 Å².